The minimum Gasteiger partial charge on any atom is -0.481 e. The van der Waals surface area contributed by atoms with Crippen molar-refractivity contribution in [2.24, 2.45) is 5.92 Å². The molecular weight excluding hydrogens is 827 g/mol. The lowest BCUT2D eigenvalue weighted by Crippen LogP contribution is -2.53. The van der Waals surface area contributed by atoms with E-state index >= 15 is 0 Å². The molecular formula is C47H43N5O10S. The molecule has 0 fully saturated rings. The number of fused-ring (bicyclic) bond motifs is 5. The van der Waals surface area contributed by atoms with E-state index in [0.717, 1.165) is 16.5 Å². The van der Waals surface area contributed by atoms with E-state index in [2.05, 4.69) is 15.4 Å². The Morgan fingerprint density at radius 1 is 0.905 bits per heavy atom. The quantitative estimate of drug-likeness (QED) is 0.0903. The van der Waals surface area contributed by atoms with Crippen LogP contribution in [0.15, 0.2) is 125 Å². The van der Waals surface area contributed by atoms with E-state index in [1.807, 2.05) is 30.3 Å². The van der Waals surface area contributed by atoms with Gasteiger partial charge in [-0.2, -0.15) is 0 Å². The van der Waals surface area contributed by atoms with E-state index in [4.69, 9.17) is 14.5 Å². The van der Waals surface area contributed by atoms with Gasteiger partial charge in [-0.25, -0.2) is 32.5 Å². The van der Waals surface area contributed by atoms with Gasteiger partial charge in [0.1, 0.15) is 12.6 Å². The third kappa shape index (κ3) is 8.29. The lowest BCUT2D eigenvalue weighted by atomic mass is 9.85. The van der Waals surface area contributed by atoms with Crippen molar-refractivity contribution in [3.8, 4) is 22.5 Å². The van der Waals surface area contributed by atoms with Crippen LogP contribution in [0, 0.1) is 5.92 Å². The van der Waals surface area contributed by atoms with Crippen molar-refractivity contribution < 1.29 is 42.2 Å². The number of carbonyl (C=O) groups excluding carboxylic acids is 3. The smallest absolute Gasteiger partial charge is 0.355 e. The molecule has 322 valence electrons. The number of pyridine rings is 2. The zero-order valence-electron chi connectivity index (χ0n) is 34.5. The number of aliphatic carboxylic acids is 1. The number of carboxylic acid groups (broad SMARTS) is 1. The van der Waals surface area contributed by atoms with Crippen LogP contribution < -0.4 is 20.9 Å². The standard InChI is InChI=1S/C47H43N5O10S/c1-4-47(36-23-39-42-32(20-31-14-8-9-19-37(31)49-42)25-52(39)43(55)35(36)26-61-45(47)57)62-44(56)41(27(2)3)50-46(58)48-33-17-10-15-29(21-33)30-16-11-18-34(22-30)63(59,60)51-38(24-40(53)54)28-12-6-5-7-13-28/h5-23,27,38,41,51H,4,24-26H2,1-3H3,(H,53,54)(H2,48,50,58)/t38?,41-,47-/m0/s1. The number of carbonyl (C=O) groups is 4. The molecule has 15 nitrogen and oxygen atoms in total. The topological polar surface area (TPSA) is 212 Å². The Balaban J connectivity index is 1.00. The SMILES string of the molecule is CC[C@@]1(OC(=O)[C@@H](NC(=O)Nc2cccc(-c3cccc(S(=O)(=O)NC(CC(=O)O)c4ccccc4)c3)c2)C(C)C)C(=O)OCc2c1cc1n(c2=O)Cc2cc3ccccc3nc2-1. The summed E-state index contributed by atoms with van der Waals surface area (Å²) in [6, 6.07) is 29.3. The molecule has 8 rings (SSSR count). The first kappa shape index (κ1) is 42.5. The molecule has 3 atom stereocenters. The molecule has 4 N–H and O–H groups in total. The van der Waals surface area contributed by atoms with Crippen LogP contribution in [-0.2, 0) is 52.6 Å². The highest BCUT2D eigenvalue weighted by Crippen LogP contribution is 2.41. The van der Waals surface area contributed by atoms with E-state index in [-0.39, 0.29) is 41.2 Å². The van der Waals surface area contributed by atoms with Crippen LogP contribution in [-0.4, -0.2) is 53.1 Å². The number of hydrogen-bond acceptors (Lipinski definition) is 10. The number of esters is 2. The first-order chi connectivity index (χ1) is 30.2. The van der Waals surface area contributed by atoms with Crippen molar-refractivity contribution in [2.45, 2.75) is 69.3 Å². The Bertz CT molecular complexity index is 2990. The lowest BCUT2D eigenvalue weighted by molar-refractivity contribution is -0.191. The number of carboxylic acids is 1. The molecule has 16 heteroatoms. The van der Waals surface area contributed by atoms with E-state index in [1.165, 1.54) is 12.1 Å². The molecule has 0 radical (unpaired) electrons. The number of amides is 2. The second-order valence-electron chi connectivity index (χ2n) is 15.8. The molecule has 2 aliphatic rings. The number of urea groups is 1. The molecule has 0 spiro atoms. The Morgan fingerprint density at radius 2 is 1.62 bits per heavy atom. The monoisotopic (exact) mass is 869 g/mol. The Kier molecular flexibility index (Phi) is 11.4. The van der Waals surface area contributed by atoms with Gasteiger partial charge in [0.05, 0.1) is 46.4 Å². The average Bonchev–Trinajstić information content (AvgIpc) is 3.63. The molecule has 2 amide bonds. The van der Waals surface area contributed by atoms with Crippen LogP contribution in [0.2, 0.25) is 0 Å². The minimum absolute atomic E-state index is 0.0657. The lowest BCUT2D eigenvalue weighted by Gasteiger charge is -2.37. The maximum absolute atomic E-state index is 14.1. The van der Waals surface area contributed by atoms with Gasteiger partial charge in [0.15, 0.2) is 0 Å². The molecule has 63 heavy (non-hydrogen) atoms. The van der Waals surface area contributed by atoms with E-state index < -0.39 is 64.0 Å². The maximum atomic E-state index is 14.1. The maximum Gasteiger partial charge on any atom is 0.355 e. The number of hydrogen-bond donors (Lipinski definition) is 4. The van der Waals surface area contributed by atoms with Crippen molar-refractivity contribution in [1.82, 2.24) is 19.6 Å². The van der Waals surface area contributed by atoms with Gasteiger partial charge in [-0.3, -0.25) is 9.59 Å². The van der Waals surface area contributed by atoms with Crippen molar-refractivity contribution >= 4 is 50.6 Å². The molecule has 6 aromatic rings. The summed E-state index contributed by atoms with van der Waals surface area (Å²) in [6.07, 6.45) is -0.535. The fraction of sp³-hybridized carbons (Fsp3) is 0.234. The Morgan fingerprint density at radius 3 is 2.35 bits per heavy atom. The summed E-state index contributed by atoms with van der Waals surface area (Å²) >= 11 is 0. The number of ether oxygens (including phenoxy) is 2. The summed E-state index contributed by atoms with van der Waals surface area (Å²) in [5.74, 6) is -3.45. The highest BCUT2D eigenvalue weighted by atomic mass is 32.2. The number of cyclic esters (lactones) is 1. The first-order valence-corrected chi connectivity index (χ1v) is 21.8. The van der Waals surface area contributed by atoms with Gasteiger partial charge >= 0.3 is 23.9 Å². The predicted octanol–water partition coefficient (Wildman–Crippen LogP) is 6.64. The number of benzene rings is 4. The molecule has 2 aromatic heterocycles. The highest BCUT2D eigenvalue weighted by molar-refractivity contribution is 7.89. The fourth-order valence-corrected chi connectivity index (χ4v) is 9.36. The molecule has 4 aromatic carbocycles. The molecule has 0 saturated heterocycles. The third-order valence-electron chi connectivity index (χ3n) is 11.3. The molecule has 0 bridgehead atoms. The summed E-state index contributed by atoms with van der Waals surface area (Å²) in [5.41, 5.74) is 2.50. The van der Waals surface area contributed by atoms with Gasteiger partial charge in [-0.1, -0.05) is 93.6 Å². The van der Waals surface area contributed by atoms with Crippen LogP contribution in [0.1, 0.15) is 61.9 Å². The number of sulfonamides is 1. The van der Waals surface area contributed by atoms with Crippen LogP contribution in [0.5, 0.6) is 0 Å². The molecule has 1 unspecified atom stereocenters. The second-order valence-corrected chi connectivity index (χ2v) is 17.5. The highest BCUT2D eigenvalue weighted by Gasteiger charge is 2.51. The number of anilines is 1. The van der Waals surface area contributed by atoms with Gasteiger partial charge in [-0.05, 0) is 71.5 Å². The van der Waals surface area contributed by atoms with Gasteiger partial charge in [0, 0.05) is 22.2 Å². The van der Waals surface area contributed by atoms with Gasteiger partial charge in [-0.15, -0.1) is 0 Å². The second kappa shape index (κ2) is 16.9. The normalized spacial score (nSPS) is 16.3. The zero-order chi connectivity index (χ0) is 44.6. The fourth-order valence-electron chi connectivity index (χ4n) is 8.09. The van der Waals surface area contributed by atoms with Crippen LogP contribution in [0.4, 0.5) is 10.5 Å². The third-order valence-corrected chi connectivity index (χ3v) is 12.8. The van der Waals surface area contributed by atoms with Gasteiger partial charge < -0.3 is 29.8 Å². The summed E-state index contributed by atoms with van der Waals surface area (Å²) in [5, 5.41) is 15.8. The van der Waals surface area contributed by atoms with Crippen LogP contribution in [0.25, 0.3) is 33.4 Å². The van der Waals surface area contributed by atoms with Crippen molar-refractivity contribution in [2.75, 3.05) is 5.32 Å². The summed E-state index contributed by atoms with van der Waals surface area (Å²) in [7, 11) is -4.19. The first-order valence-electron chi connectivity index (χ1n) is 20.3. The number of nitrogens with zero attached hydrogens (tertiary/aromatic N) is 2. The predicted molar refractivity (Wildman–Crippen MR) is 233 cm³/mol. The summed E-state index contributed by atoms with van der Waals surface area (Å²) in [6.45, 7) is 5.02. The van der Waals surface area contributed by atoms with Crippen LogP contribution >= 0.6 is 0 Å². The van der Waals surface area contributed by atoms with E-state index in [9.17, 15) is 37.5 Å². The number of nitrogens with one attached hydrogen (secondary N) is 3. The van der Waals surface area contributed by atoms with E-state index in [1.54, 1.807) is 98.1 Å². The van der Waals surface area contributed by atoms with Crippen LogP contribution in [0.3, 0.4) is 0 Å². The number of aromatic nitrogens is 2. The Hall–Kier alpha value is -7.17. The van der Waals surface area contributed by atoms with Crippen molar-refractivity contribution in [3.63, 3.8) is 0 Å². The number of para-hydroxylation sites is 1. The average molecular weight is 870 g/mol. The molecule has 2 aliphatic heterocycles. The number of rotatable bonds is 13. The Labute approximate surface area is 362 Å². The van der Waals surface area contributed by atoms with E-state index in [0.29, 0.717) is 33.8 Å². The summed E-state index contributed by atoms with van der Waals surface area (Å²) in [4.78, 5) is 71.8. The van der Waals surface area contributed by atoms with Crippen molar-refractivity contribution in [1.29, 1.82) is 0 Å². The van der Waals surface area contributed by atoms with Gasteiger partial charge in [0.2, 0.25) is 15.6 Å². The molecule has 4 heterocycles. The van der Waals surface area contributed by atoms with Gasteiger partial charge in [0.25, 0.3) is 5.56 Å². The van der Waals surface area contributed by atoms with Crippen molar-refractivity contribution in [3.05, 3.63) is 148 Å². The summed E-state index contributed by atoms with van der Waals surface area (Å²) < 4.78 is 42.8. The minimum atomic E-state index is -4.19. The zero-order valence-corrected chi connectivity index (χ0v) is 35.3. The molecule has 0 saturated carbocycles. The molecule has 0 aliphatic carbocycles. The largest absolute Gasteiger partial charge is 0.481 e.